The zero-order valence-electron chi connectivity index (χ0n) is 7.95. The average Bonchev–Trinajstić information content (AvgIpc) is 2.48. The highest BCUT2D eigenvalue weighted by Crippen LogP contribution is 2.01. The third-order valence-electron chi connectivity index (χ3n) is 1.74. The number of carbonyl (C=O) groups excluding carboxylic acids is 1. The molecule has 1 aromatic rings. The number of rotatable bonds is 3. The van der Waals surface area contributed by atoms with Gasteiger partial charge in [0.2, 0.25) is 5.91 Å². The summed E-state index contributed by atoms with van der Waals surface area (Å²) >= 11 is 0. The molecule has 13 heavy (non-hydrogen) atoms. The van der Waals surface area contributed by atoms with E-state index in [2.05, 4.69) is 5.32 Å². The first-order chi connectivity index (χ1) is 6.24. The predicted molar refractivity (Wildman–Crippen MR) is 53.1 cm³/mol. The molecule has 0 bridgehead atoms. The Morgan fingerprint density at radius 3 is 3.00 bits per heavy atom. The standard InChI is InChI=1S/C10H14N2O/c1-3-11-10(13)7-6-9-5-4-8-12(9)2/h4-8H,3H2,1-2H3,(H,11,13)/b7-6+. The minimum absolute atomic E-state index is 0.0521. The molecule has 0 spiro atoms. The van der Waals surface area contributed by atoms with Crippen LogP contribution in [0.5, 0.6) is 0 Å². The molecular formula is C10H14N2O. The molecule has 1 aromatic heterocycles. The fourth-order valence-electron chi connectivity index (χ4n) is 1.04. The quantitative estimate of drug-likeness (QED) is 0.693. The maximum atomic E-state index is 11.0. The largest absolute Gasteiger partial charge is 0.353 e. The van der Waals surface area contributed by atoms with Gasteiger partial charge in [-0.15, -0.1) is 0 Å². The van der Waals surface area contributed by atoms with Crippen molar-refractivity contribution in [1.29, 1.82) is 0 Å². The Morgan fingerprint density at radius 2 is 2.46 bits per heavy atom. The number of nitrogens with one attached hydrogen (secondary N) is 1. The summed E-state index contributed by atoms with van der Waals surface area (Å²) in [5, 5.41) is 2.69. The third-order valence-corrected chi connectivity index (χ3v) is 1.74. The normalized spacial score (nSPS) is 10.6. The van der Waals surface area contributed by atoms with Gasteiger partial charge in [-0.3, -0.25) is 4.79 Å². The van der Waals surface area contributed by atoms with Crippen molar-refractivity contribution in [2.24, 2.45) is 7.05 Å². The molecule has 0 saturated heterocycles. The smallest absolute Gasteiger partial charge is 0.244 e. The van der Waals surface area contributed by atoms with Crippen LogP contribution in [0.3, 0.4) is 0 Å². The lowest BCUT2D eigenvalue weighted by molar-refractivity contribution is -0.116. The second kappa shape index (κ2) is 4.50. The van der Waals surface area contributed by atoms with E-state index >= 15 is 0 Å². The fourth-order valence-corrected chi connectivity index (χ4v) is 1.04. The van der Waals surface area contributed by atoms with E-state index in [1.54, 1.807) is 12.2 Å². The summed E-state index contributed by atoms with van der Waals surface area (Å²) in [6.07, 6.45) is 5.28. The number of hydrogen-bond acceptors (Lipinski definition) is 1. The van der Waals surface area contributed by atoms with Crippen LogP contribution >= 0.6 is 0 Å². The average molecular weight is 178 g/mol. The molecule has 0 aliphatic carbocycles. The Bertz CT molecular complexity index is 312. The number of nitrogens with zero attached hydrogens (tertiary/aromatic N) is 1. The van der Waals surface area contributed by atoms with Crippen LogP contribution in [-0.2, 0) is 11.8 Å². The lowest BCUT2D eigenvalue weighted by Crippen LogP contribution is -2.19. The van der Waals surface area contributed by atoms with Crippen molar-refractivity contribution in [3.05, 3.63) is 30.1 Å². The minimum atomic E-state index is -0.0521. The maximum absolute atomic E-state index is 11.0. The van der Waals surface area contributed by atoms with Gasteiger partial charge < -0.3 is 9.88 Å². The molecule has 1 rings (SSSR count). The molecule has 0 aliphatic rings. The number of carbonyl (C=O) groups is 1. The fraction of sp³-hybridized carbons (Fsp3) is 0.300. The van der Waals surface area contributed by atoms with Crippen molar-refractivity contribution in [1.82, 2.24) is 9.88 Å². The summed E-state index contributed by atoms with van der Waals surface area (Å²) in [7, 11) is 1.94. The summed E-state index contributed by atoms with van der Waals surface area (Å²) in [6.45, 7) is 2.56. The molecule has 70 valence electrons. The van der Waals surface area contributed by atoms with Gasteiger partial charge in [0.15, 0.2) is 0 Å². The van der Waals surface area contributed by atoms with Crippen molar-refractivity contribution < 1.29 is 4.79 Å². The summed E-state index contributed by atoms with van der Waals surface area (Å²) in [4.78, 5) is 11.0. The van der Waals surface area contributed by atoms with Gasteiger partial charge in [0.1, 0.15) is 0 Å². The van der Waals surface area contributed by atoms with E-state index in [1.165, 1.54) is 0 Å². The molecule has 1 amide bonds. The SMILES string of the molecule is CCNC(=O)/C=C/c1cccn1C. The van der Waals surface area contributed by atoms with E-state index in [0.29, 0.717) is 6.54 Å². The van der Waals surface area contributed by atoms with E-state index in [9.17, 15) is 4.79 Å². The molecule has 3 nitrogen and oxygen atoms in total. The summed E-state index contributed by atoms with van der Waals surface area (Å²) in [6, 6.07) is 3.90. The number of likely N-dealkylation sites (N-methyl/N-ethyl adjacent to an activating group) is 1. The number of hydrogen-bond donors (Lipinski definition) is 1. The van der Waals surface area contributed by atoms with Gasteiger partial charge in [0.25, 0.3) is 0 Å². The van der Waals surface area contributed by atoms with Crippen molar-refractivity contribution in [3.63, 3.8) is 0 Å². The Morgan fingerprint density at radius 1 is 1.69 bits per heavy atom. The summed E-state index contributed by atoms with van der Waals surface area (Å²) in [5.74, 6) is -0.0521. The van der Waals surface area contributed by atoms with Gasteiger partial charge in [0.05, 0.1) is 0 Å². The Kier molecular flexibility index (Phi) is 3.31. The van der Waals surface area contributed by atoms with Gasteiger partial charge in [0, 0.05) is 31.6 Å². The minimum Gasteiger partial charge on any atom is -0.353 e. The molecule has 0 radical (unpaired) electrons. The van der Waals surface area contributed by atoms with Crippen LogP contribution in [0.2, 0.25) is 0 Å². The number of aromatic nitrogens is 1. The van der Waals surface area contributed by atoms with E-state index in [1.807, 2.05) is 36.9 Å². The highest BCUT2D eigenvalue weighted by molar-refractivity contribution is 5.91. The molecule has 0 aromatic carbocycles. The van der Waals surface area contributed by atoms with E-state index in [4.69, 9.17) is 0 Å². The number of aryl methyl sites for hydroxylation is 1. The molecule has 0 fully saturated rings. The predicted octanol–water partition coefficient (Wildman–Crippen LogP) is 1.17. The lowest BCUT2D eigenvalue weighted by Gasteiger charge is -1.96. The van der Waals surface area contributed by atoms with Gasteiger partial charge >= 0.3 is 0 Å². The zero-order valence-corrected chi connectivity index (χ0v) is 7.95. The van der Waals surface area contributed by atoms with Crippen LogP contribution in [0.1, 0.15) is 12.6 Å². The molecule has 0 atom stereocenters. The lowest BCUT2D eigenvalue weighted by atomic mass is 10.3. The topological polar surface area (TPSA) is 34.0 Å². The molecule has 1 N–H and O–H groups in total. The van der Waals surface area contributed by atoms with E-state index < -0.39 is 0 Å². The third kappa shape index (κ3) is 2.78. The Hall–Kier alpha value is -1.51. The Balaban J connectivity index is 2.58. The summed E-state index contributed by atoms with van der Waals surface area (Å²) in [5.41, 5.74) is 1.02. The molecule has 3 heteroatoms. The highest BCUT2D eigenvalue weighted by atomic mass is 16.1. The van der Waals surface area contributed by atoms with Gasteiger partial charge in [-0.2, -0.15) is 0 Å². The van der Waals surface area contributed by atoms with Gasteiger partial charge in [-0.1, -0.05) is 0 Å². The first-order valence-electron chi connectivity index (χ1n) is 4.31. The Labute approximate surface area is 78.1 Å². The highest BCUT2D eigenvalue weighted by Gasteiger charge is 1.93. The van der Waals surface area contributed by atoms with Crippen molar-refractivity contribution in [2.75, 3.05) is 6.54 Å². The number of amides is 1. The second-order valence-corrected chi connectivity index (χ2v) is 2.77. The van der Waals surface area contributed by atoms with Crippen LogP contribution in [0.25, 0.3) is 6.08 Å². The molecular weight excluding hydrogens is 164 g/mol. The molecule has 0 saturated carbocycles. The van der Waals surface area contributed by atoms with Gasteiger partial charge in [-0.25, -0.2) is 0 Å². The first-order valence-corrected chi connectivity index (χ1v) is 4.31. The molecule has 1 heterocycles. The van der Waals surface area contributed by atoms with E-state index in [-0.39, 0.29) is 5.91 Å². The van der Waals surface area contributed by atoms with Gasteiger partial charge in [-0.05, 0) is 25.1 Å². The van der Waals surface area contributed by atoms with E-state index in [0.717, 1.165) is 5.69 Å². The van der Waals surface area contributed by atoms with Crippen LogP contribution in [-0.4, -0.2) is 17.0 Å². The zero-order chi connectivity index (χ0) is 9.68. The molecule has 0 aliphatic heterocycles. The second-order valence-electron chi connectivity index (χ2n) is 2.77. The van der Waals surface area contributed by atoms with Crippen molar-refractivity contribution in [2.45, 2.75) is 6.92 Å². The monoisotopic (exact) mass is 178 g/mol. The van der Waals surface area contributed by atoms with Crippen molar-refractivity contribution >= 4 is 12.0 Å². The molecule has 0 unspecified atom stereocenters. The van der Waals surface area contributed by atoms with Crippen LogP contribution in [0.4, 0.5) is 0 Å². The summed E-state index contributed by atoms with van der Waals surface area (Å²) < 4.78 is 1.95. The van der Waals surface area contributed by atoms with Crippen LogP contribution < -0.4 is 5.32 Å². The van der Waals surface area contributed by atoms with Crippen LogP contribution in [0, 0.1) is 0 Å². The van der Waals surface area contributed by atoms with Crippen LogP contribution in [0.15, 0.2) is 24.4 Å². The maximum Gasteiger partial charge on any atom is 0.244 e. The van der Waals surface area contributed by atoms with Crippen molar-refractivity contribution in [3.8, 4) is 0 Å². The first kappa shape index (κ1) is 9.58.